The normalized spacial score (nSPS) is 11.0. The molecule has 7 heteroatoms. The van der Waals surface area contributed by atoms with Crippen LogP contribution in [0.2, 0.25) is 0 Å². The first-order valence-corrected chi connectivity index (χ1v) is 11.5. The molecule has 2 aromatic carbocycles. The average Bonchev–Trinajstić information content (AvgIpc) is 3.32. The zero-order chi connectivity index (χ0) is 24.0. The zero-order valence-corrected chi connectivity index (χ0v) is 19.1. The lowest BCUT2D eigenvalue weighted by molar-refractivity contribution is -0.121. The Morgan fingerprint density at radius 3 is 2.49 bits per heavy atom. The van der Waals surface area contributed by atoms with Crippen LogP contribution in [0.3, 0.4) is 0 Å². The maximum atomic E-state index is 13.4. The highest BCUT2D eigenvalue weighted by atomic mass is 16.2. The SMILES string of the molecule is O=C(Cn1c(-c2ccccc2)cnc(CCc2ccccc2)c1=O)NCc1cc2cnccc2[nH]1. The summed E-state index contributed by atoms with van der Waals surface area (Å²) in [6, 6.07) is 23.4. The Balaban J connectivity index is 1.37. The molecular weight excluding hydrogens is 438 g/mol. The fourth-order valence-corrected chi connectivity index (χ4v) is 4.13. The molecule has 1 amide bonds. The van der Waals surface area contributed by atoms with Gasteiger partial charge in [0.2, 0.25) is 5.91 Å². The smallest absolute Gasteiger partial charge is 0.273 e. The molecule has 0 fully saturated rings. The van der Waals surface area contributed by atoms with E-state index in [1.807, 2.05) is 72.8 Å². The Labute approximate surface area is 202 Å². The summed E-state index contributed by atoms with van der Waals surface area (Å²) < 4.78 is 1.52. The highest BCUT2D eigenvalue weighted by Crippen LogP contribution is 2.17. The number of aromatic amines is 1. The van der Waals surface area contributed by atoms with Crippen molar-refractivity contribution >= 4 is 16.8 Å². The third kappa shape index (κ3) is 5.19. The number of amides is 1. The lowest BCUT2D eigenvalue weighted by Gasteiger charge is -2.14. The molecule has 5 rings (SSSR count). The monoisotopic (exact) mass is 463 g/mol. The predicted octanol–water partition coefficient (Wildman–Crippen LogP) is 3.89. The fraction of sp³-hybridized carbons (Fsp3) is 0.143. The van der Waals surface area contributed by atoms with Gasteiger partial charge in [-0.3, -0.25) is 24.1 Å². The van der Waals surface area contributed by atoms with E-state index in [0.29, 0.717) is 30.8 Å². The Morgan fingerprint density at radius 1 is 0.943 bits per heavy atom. The van der Waals surface area contributed by atoms with Crippen molar-refractivity contribution in [1.29, 1.82) is 0 Å². The summed E-state index contributed by atoms with van der Waals surface area (Å²) in [7, 11) is 0. The first-order valence-electron chi connectivity index (χ1n) is 11.5. The topological polar surface area (TPSA) is 92.7 Å². The summed E-state index contributed by atoms with van der Waals surface area (Å²) in [4.78, 5) is 38.2. The predicted molar refractivity (Wildman–Crippen MR) is 136 cm³/mol. The summed E-state index contributed by atoms with van der Waals surface area (Å²) in [5.74, 6) is -0.249. The maximum absolute atomic E-state index is 13.4. The summed E-state index contributed by atoms with van der Waals surface area (Å²) >= 11 is 0. The van der Waals surface area contributed by atoms with E-state index in [2.05, 4.69) is 20.3 Å². The highest BCUT2D eigenvalue weighted by Gasteiger charge is 2.15. The minimum atomic E-state index is -0.249. The number of aryl methyl sites for hydroxylation is 2. The lowest BCUT2D eigenvalue weighted by Crippen LogP contribution is -2.34. The molecule has 0 atom stereocenters. The molecule has 2 N–H and O–H groups in total. The van der Waals surface area contributed by atoms with Crippen molar-refractivity contribution in [2.24, 2.45) is 0 Å². The lowest BCUT2D eigenvalue weighted by atomic mass is 10.1. The van der Waals surface area contributed by atoms with Crippen LogP contribution in [0.15, 0.2) is 96.2 Å². The summed E-state index contributed by atoms with van der Waals surface area (Å²) in [5.41, 5.74) is 4.63. The molecule has 0 radical (unpaired) electrons. The van der Waals surface area contributed by atoms with Gasteiger partial charge in [0.25, 0.3) is 5.56 Å². The van der Waals surface area contributed by atoms with Gasteiger partial charge in [0.15, 0.2) is 0 Å². The zero-order valence-electron chi connectivity index (χ0n) is 19.1. The van der Waals surface area contributed by atoms with Gasteiger partial charge in [-0.25, -0.2) is 0 Å². The van der Waals surface area contributed by atoms with Crippen LogP contribution in [0.4, 0.5) is 0 Å². The van der Waals surface area contributed by atoms with E-state index in [1.165, 1.54) is 4.57 Å². The minimum absolute atomic E-state index is 0.0916. The van der Waals surface area contributed by atoms with E-state index in [0.717, 1.165) is 27.7 Å². The second-order valence-electron chi connectivity index (χ2n) is 8.37. The summed E-state index contributed by atoms with van der Waals surface area (Å²) in [6.45, 7) is 0.237. The molecule has 0 saturated heterocycles. The van der Waals surface area contributed by atoms with Crippen LogP contribution in [-0.4, -0.2) is 25.4 Å². The maximum Gasteiger partial charge on any atom is 0.273 e. The van der Waals surface area contributed by atoms with E-state index in [9.17, 15) is 9.59 Å². The summed E-state index contributed by atoms with van der Waals surface area (Å²) in [5, 5.41) is 3.90. The van der Waals surface area contributed by atoms with Gasteiger partial charge in [0, 0.05) is 29.0 Å². The van der Waals surface area contributed by atoms with Gasteiger partial charge >= 0.3 is 0 Å². The van der Waals surface area contributed by atoms with Gasteiger partial charge in [-0.1, -0.05) is 60.7 Å². The molecule has 0 aliphatic carbocycles. The van der Waals surface area contributed by atoms with Crippen LogP contribution in [0.5, 0.6) is 0 Å². The first kappa shape index (κ1) is 22.3. The van der Waals surface area contributed by atoms with E-state index in [1.54, 1.807) is 18.6 Å². The number of rotatable bonds is 8. The number of pyridine rings is 1. The summed E-state index contributed by atoms with van der Waals surface area (Å²) in [6.07, 6.45) is 6.39. The van der Waals surface area contributed by atoms with Crippen molar-refractivity contribution in [2.45, 2.75) is 25.9 Å². The number of benzene rings is 2. The molecule has 174 valence electrons. The van der Waals surface area contributed by atoms with E-state index in [4.69, 9.17) is 0 Å². The largest absolute Gasteiger partial charge is 0.357 e. The van der Waals surface area contributed by atoms with E-state index in [-0.39, 0.29) is 18.0 Å². The third-order valence-corrected chi connectivity index (χ3v) is 5.94. The van der Waals surface area contributed by atoms with Crippen molar-refractivity contribution in [2.75, 3.05) is 0 Å². The number of carbonyl (C=O) groups is 1. The highest BCUT2D eigenvalue weighted by molar-refractivity contribution is 5.80. The number of fused-ring (bicyclic) bond motifs is 1. The van der Waals surface area contributed by atoms with Crippen molar-refractivity contribution in [3.05, 3.63) is 119 Å². The molecule has 7 nitrogen and oxygen atoms in total. The van der Waals surface area contributed by atoms with Crippen LogP contribution in [-0.2, 0) is 30.7 Å². The van der Waals surface area contributed by atoms with Gasteiger partial charge in [-0.15, -0.1) is 0 Å². The number of nitrogens with zero attached hydrogens (tertiary/aromatic N) is 3. The number of nitrogens with one attached hydrogen (secondary N) is 2. The number of H-pyrrole nitrogens is 1. The quantitative estimate of drug-likeness (QED) is 0.365. The van der Waals surface area contributed by atoms with Crippen molar-refractivity contribution in [3.8, 4) is 11.3 Å². The molecule has 35 heavy (non-hydrogen) atoms. The second-order valence-corrected chi connectivity index (χ2v) is 8.37. The third-order valence-electron chi connectivity index (χ3n) is 5.94. The molecular formula is C28H25N5O2. The van der Waals surface area contributed by atoms with E-state index >= 15 is 0 Å². The van der Waals surface area contributed by atoms with Gasteiger partial charge in [0.05, 0.1) is 18.4 Å². The average molecular weight is 464 g/mol. The minimum Gasteiger partial charge on any atom is -0.357 e. The molecule has 0 spiro atoms. The molecule has 0 saturated carbocycles. The first-order chi connectivity index (χ1) is 17.2. The van der Waals surface area contributed by atoms with Crippen LogP contribution in [0, 0.1) is 0 Å². The Kier molecular flexibility index (Phi) is 6.48. The fourth-order valence-electron chi connectivity index (χ4n) is 4.13. The van der Waals surface area contributed by atoms with Gasteiger partial charge in [-0.2, -0.15) is 0 Å². The van der Waals surface area contributed by atoms with Crippen LogP contribution >= 0.6 is 0 Å². The molecule has 0 bridgehead atoms. The number of aromatic nitrogens is 4. The van der Waals surface area contributed by atoms with Crippen molar-refractivity contribution in [3.63, 3.8) is 0 Å². The van der Waals surface area contributed by atoms with Crippen LogP contribution < -0.4 is 10.9 Å². The Morgan fingerprint density at radius 2 is 1.71 bits per heavy atom. The number of hydrogen-bond acceptors (Lipinski definition) is 4. The van der Waals surface area contributed by atoms with Crippen LogP contribution in [0.25, 0.3) is 22.2 Å². The van der Waals surface area contributed by atoms with Gasteiger partial charge in [0.1, 0.15) is 12.2 Å². The van der Waals surface area contributed by atoms with Crippen LogP contribution in [0.1, 0.15) is 17.0 Å². The van der Waals surface area contributed by atoms with E-state index < -0.39 is 0 Å². The molecule has 0 aliphatic heterocycles. The molecule has 3 heterocycles. The Bertz CT molecular complexity index is 1470. The molecule has 3 aromatic heterocycles. The van der Waals surface area contributed by atoms with Gasteiger partial charge in [-0.05, 0) is 36.1 Å². The van der Waals surface area contributed by atoms with Gasteiger partial charge < -0.3 is 10.3 Å². The van der Waals surface area contributed by atoms with Crippen molar-refractivity contribution in [1.82, 2.24) is 24.8 Å². The Hall–Kier alpha value is -4.52. The molecule has 5 aromatic rings. The molecule has 0 unspecified atom stereocenters. The molecule has 0 aliphatic rings. The van der Waals surface area contributed by atoms with Crippen molar-refractivity contribution < 1.29 is 4.79 Å². The number of carbonyl (C=O) groups excluding carboxylic acids is 1. The second kappa shape index (κ2) is 10.2. The number of hydrogen-bond donors (Lipinski definition) is 2. The standard InChI is InChI=1S/C28H25N5O2/c34-27(31-17-23-15-22-16-29-14-13-24(22)32-23)19-33-26(21-9-5-2-6-10-21)18-30-25(28(33)35)12-11-20-7-3-1-4-8-20/h1-10,13-16,18,32H,11-12,17,19H2,(H,31,34).